The number of nitrogens with zero attached hydrogens (tertiary/aromatic N) is 2. The molecule has 5 nitrogen and oxygen atoms in total. The van der Waals surface area contributed by atoms with Crippen LogP contribution in [0.4, 0.5) is 0 Å². The fourth-order valence-corrected chi connectivity index (χ4v) is 3.76. The first kappa shape index (κ1) is 17.0. The van der Waals surface area contributed by atoms with Crippen molar-refractivity contribution < 1.29 is 9.59 Å². The summed E-state index contributed by atoms with van der Waals surface area (Å²) < 4.78 is 0. The molecule has 0 radical (unpaired) electrons. The molecule has 2 heterocycles. The fourth-order valence-electron chi connectivity index (χ4n) is 2.94. The van der Waals surface area contributed by atoms with Crippen LogP contribution in [-0.4, -0.2) is 47.8 Å². The second kappa shape index (κ2) is 7.34. The zero-order valence-corrected chi connectivity index (χ0v) is 14.6. The molecule has 24 heavy (non-hydrogen) atoms. The lowest BCUT2D eigenvalue weighted by atomic mass is 10.0. The lowest BCUT2D eigenvalue weighted by Gasteiger charge is -2.38. The average molecular weight is 364 g/mol. The number of hydrogen-bond acceptors (Lipinski definition) is 4. The van der Waals surface area contributed by atoms with Crippen molar-refractivity contribution >= 4 is 34.8 Å². The maximum atomic E-state index is 12.4. The van der Waals surface area contributed by atoms with Crippen LogP contribution in [0.1, 0.15) is 21.3 Å². The smallest absolute Gasteiger partial charge is 0.264 e. The van der Waals surface area contributed by atoms with Gasteiger partial charge in [-0.1, -0.05) is 29.8 Å². The maximum absolute atomic E-state index is 12.4. The van der Waals surface area contributed by atoms with Crippen molar-refractivity contribution in [3.8, 4) is 0 Å². The van der Waals surface area contributed by atoms with Crippen molar-refractivity contribution in [2.24, 2.45) is 5.73 Å². The van der Waals surface area contributed by atoms with Crippen LogP contribution in [0.15, 0.2) is 41.8 Å². The van der Waals surface area contributed by atoms with Crippen molar-refractivity contribution in [1.29, 1.82) is 0 Å². The molecule has 0 saturated carbocycles. The van der Waals surface area contributed by atoms with E-state index in [-0.39, 0.29) is 5.91 Å². The van der Waals surface area contributed by atoms with Gasteiger partial charge in [-0.3, -0.25) is 14.5 Å². The van der Waals surface area contributed by atoms with Gasteiger partial charge in [-0.2, -0.15) is 0 Å². The highest BCUT2D eigenvalue weighted by atomic mass is 35.5. The zero-order valence-electron chi connectivity index (χ0n) is 13.0. The molecule has 1 aliphatic rings. The monoisotopic (exact) mass is 363 g/mol. The van der Waals surface area contributed by atoms with Crippen LogP contribution in [0.2, 0.25) is 5.02 Å². The van der Waals surface area contributed by atoms with Crippen LogP contribution in [0.3, 0.4) is 0 Å². The van der Waals surface area contributed by atoms with Gasteiger partial charge in [0, 0.05) is 31.2 Å². The van der Waals surface area contributed by atoms with Gasteiger partial charge in [-0.15, -0.1) is 11.3 Å². The van der Waals surface area contributed by atoms with Crippen LogP contribution >= 0.6 is 22.9 Å². The number of piperazine rings is 1. The van der Waals surface area contributed by atoms with E-state index in [0.29, 0.717) is 31.2 Å². The predicted octanol–water partition coefficient (Wildman–Crippen LogP) is 2.39. The van der Waals surface area contributed by atoms with Crippen molar-refractivity contribution in [2.45, 2.75) is 6.04 Å². The van der Waals surface area contributed by atoms with Crippen LogP contribution in [0.5, 0.6) is 0 Å². The fraction of sp³-hybridized carbons (Fsp3) is 0.294. The molecule has 0 spiro atoms. The number of rotatable bonds is 4. The van der Waals surface area contributed by atoms with Crippen LogP contribution < -0.4 is 5.73 Å². The standard InChI is InChI=1S/C17H18ClN3O2S/c18-13-5-3-12(4-6-13)15(16(19)22)20-7-9-21(10-8-20)17(23)14-2-1-11-24-14/h1-6,11,15H,7-10H2,(H2,19,22)/t15-/m1/s1. The number of carbonyl (C=O) groups excluding carboxylic acids is 2. The van der Waals surface area contributed by atoms with E-state index in [9.17, 15) is 9.59 Å². The summed E-state index contributed by atoms with van der Waals surface area (Å²) in [4.78, 5) is 28.9. The van der Waals surface area contributed by atoms with Gasteiger partial charge < -0.3 is 10.6 Å². The van der Waals surface area contributed by atoms with E-state index in [1.165, 1.54) is 11.3 Å². The molecular weight excluding hydrogens is 346 g/mol. The Labute approximate surface area is 149 Å². The molecule has 3 rings (SSSR count). The first-order valence-electron chi connectivity index (χ1n) is 7.68. The Kier molecular flexibility index (Phi) is 5.18. The normalized spacial score (nSPS) is 16.8. The van der Waals surface area contributed by atoms with Gasteiger partial charge in [0.05, 0.1) is 4.88 Å². The summed E-state index contributed by atoms with van der Waals surface area (Å²) in [5.41, 5.74) is 6.44. The molecule has 126 valence electrons. The highest BCUT2D eigenvalue weighted by Crippen LogP contribution is 2.24. The summed E-state index contributed by atoms with van der Waals surface area (Å²) in [7, 11) is 0. The summed E-state index contributed by atoms with van der Waals surface area (Å²) in [6.45, 7) is 2.36. The molecule has 2 amide bonds. The third kappa shape index (κ3) is 3.61. The number of halogens is 1. The van der Waals surface area contributed by atoms with Crippen molar-refractivity contribution in [2.75, 3.05) is 26.2 Å². The van der Waals surface area contributed by atoms with Crippen LogP contribution in [0.25, 0.3) is 0 Å². The van der Waals surface area contributed by atoms with Crippen molar-refractivity contribution in [3.05, 3.63) is 57.2 Å². The number of carbonyl (C=O) groups is 2. The van der Waals surface area contributed by atoms with E-state index < -0.39 is 11.9 Å². The number of hydrogen-bond donors (Lipinski definition) is 1. The Bertz CT molecular complexity index is 710. The summed E-state index contributed by atoms with van der Waals surface area (Å²) in [6, 6.07) is 10.4. The Hall–Kier alpha value is -1.89. The van der Waals surface area contributed by atoms with E-state index in [1.807, 2.05) is 39.4 Å². The Morgan fingerprint density at radius 3 is 2.29 bits per heavy atom. The van der Waals surface area contributed by atoms with Gasteiger partial charge in [-0.25, -0.2) is 0 Å². The summed E-state index contributed by atoms with van der Waals surface area (Å²) in [6.07, 6.45) is 0. The first-order valence-corrected chi connectivity index (χ1v) is 8.93. The van der Waals surface area contributed by atoms with Crippen molar-refractivity contribution in [1.82, 2.24) is 9.80 Å². The Balaban J connectivity index is 1.68. The topological polar surface area (TPSA) is 66.6 Å². The summed E-state index contributed by atoms with van der Waals surface area (Å²) in [5.74, 6) is -0.345. The minimum Gasteiger partial charge on any atom is -0.368 e. The second-order valence-electron chi connectivity index (χ2n) is 5.66. The predicted molar refractivity (Wildman–Crippen MR) is 95.2 cm³/mol. The van der Waals surface area contributed by atoms with Gasteiger partial charge in [0.15, 0.2) is 0 Å². The highest BCUT2D eigenvalue weighted by Gasteiger charge is 2.30. The molecule has 1 atom stereocenters. The molecule has 1 saturated heterocycles. The Morgan fingerprint density at radius 1 is 1.08 bits per heavy atom. The van der Waals surface area contributed by atoms with Gasteiger partial charge in [0.1, 0.15) is 6.04 Å². The van der Waals surface area contributed by atoms with E-state index in [1.54, 1.807) is 12.1 Å². The lowest BCUT2D eigenvalue weighted by Crippen LogP contribution is -2.51. The third-order valence-corrected chi connectivity index (χ3v) is 5.26. The highest BCUT2D eigenvalue weighted by molar-refractivity contribution is 7.12. The minimum atomic E-state index is -0.499. The van der Waals surface area contributed by atoms with Gasteiger partial charge >= 0.3 is 0 Å². The zero-order chi connectivity index (χ0) is 17.1. The summed E-state index contributed by atoms with van der Waals surface area (Å²) in [5, 5.41) is 2.51. The average Bonchev–Trinajstić information content (AvgIpc) is 3.11. The molecule has 2 N–H and O–H groups in total. The second-order valence-corrected chi connectivity index (χ2v) is 7.05. The molecule has 0 aliphatic carbocycles. The molecule has 0 bridgehead atoms. The number of thiophene rings is 1. The van der Waals surface area contributed by atoms with E-state index in [4.69, 9.17) is 17.3 Å². The maximum Gasteiger partial charge on any atom is 0.264 e. The van der Waals surface area contributed by atoms with Gasteiger partial charge in [-0.05, 0) is 29.1 Å². The Morgan fingerprint density at radius 2 is 1.75 bits per heavy atom. The summed E-state index contributed by atoms with van der Waals surface area (Å²) >= 11 is 7.36. The van der Waals surface area contributed by atoms with Gasteiger partial charge in [0.25, 0.3) is 5.91 Å². The quantitative estimate of drug-likeness (QED) is 0.906. The van der Waals surface area contributed by atoms with Gasteiger partial charge in [0.2, 0.25) is 5.91 Å². The SMILES string of the molecule is NC(=O)[C@@H](c1ccc(Cl)cc1)N1CCN(C(=O)c2cccs2)CC1. The molecule has 1 aromatic carbocycles. The molecule has 1 aromatic heterocycles. The molecular formula is C17H18ClN3O2S. The number of amides is 2. The number of primary amides is 1. The molecule has 1 fully saturated rings. The molecule has 7 heteroatoms. The van der Waals surface area contributed by atoms with E-state index in [0.717, 1.165) is 10.4 Å². The first-order chi connectivity index (χ1) is 11.6. The van der Waals surface area contributed by atoms with Crippen LogP contribution in [0, 0.1) is 0 Å². The lowest BCUT2D eigenvalue weighted by molar-refractivity contribution is -0.124. The van der Waals surface area contributed by atoms with E-state index in [2.05, 4.69) is 0 Å². The molecule has 2 aromatic rings. The van der Waals surface area contributed by atoms with Crippen LogP contribution in [-0.2, 0) is 4.79 Å². The molecule has 0 unspecified atom stereocenters. The largest absolute Gasteiger partial charge is 0.368 e. The molecule has 1 aliphatic heterocycles. The number of nitrogens with two attached hydrogens (primary N) is 1. The van der Waals surface area contributed by atoms with Crippen molar-refractivity contribution in [3.63, 3.8) is 0 Å². The number of benzene rings is 1. The third-order valence-electron chi connectivity index (χ3n) is 4.15. The minimum absolute atomic E-state index is 0.0479. The van der Waals surface area contributed by atoms with E-state index >= 15 is 0 Å².